The summed E-state index contributed by atoms with van der Waals surface area (Å²) in [5, 5.41) is 3.01. The molecule has 2 aromatic carbocycles. The molecular formula is C24H30FN2O3+. The first-order valence-corrected chi connectivity index (χ1v) is 10.3. The van der Waals surface area contributed by atoms with Gasteiger partial charge in [-0.25, -0.2) is 9.18 Å². The lowest BCUT2D eigenvalue weighted by Crippen LogP contribution is -2.70. The number of hydrogen-bond donors (Lipinski definition) is 1. The Morgan fingerprint density at radius 3 is 2.23 bits per heavy atom. The van der Waals surface area contributed by atoms with E-state index in [1.54, 1.807) is 13.8 Å². The molecule has 160 valence electrons. The monoisotopic (exact) mass is 413 g/mol. The molecule has 3 rings (SSSR count). The number of ether oxygens (including phenoxy) is 1. The summed E-state index contributed by atoms with van der Waals surface area (Å²) in [4.78, 5) is 25.9. The van der Waals surface area contributed by atoms with Gasteiger partial charge >= 0.3 is 5.97 Å². The zero-order valence-electron chi connectivity index (χ0n) is 18.1. The Morgan fingerprint density at radius 2 is 1.70 bits per heavy atom. The molecule has 1 aliphatic carbocycles. The van der Waals surface area contributed by atoms with Crippen molar-refractivity contribution < 1.29 is 23.2 Å². The van der Waals surface area contributed by atoms with Crippen molar-refractivity contribution in [3.05, 3.63) is 65.0 Å². The molecule has 0 spiro atoms. The number of quaternary nitrogens is 1. The molecule has 5 nitrogen and oxygen atoms in total. The number of nitrogens with zero attached hydrogens (tertiary/aromatic N) is 1. The second-order valence-corrected chi connectivity index (χ2v) is 8.74. The minimum Gasteiger partial charge on any atom is -0.457 e. The summed E-state index contributed by atoms with van der Waals surface area (Å²) >= 11 is 0. The highest BCUT2D eigenvalue weighted by atomic mass is 19.1. The average Bonchev–Trinajstić information content (AvgIpc) is 2.62. The number of hydrogen-bond acceptors (Lipinski definition) is 3. The molecule has 0 bridgehead atoms. The molecule has 0 unspecified atom stereocenters. The number of rotatable bonds is 7. The van der Waals surface area contributed by atoms with Gasteiger partial charge in [0.1, 0.15) is 12.4 Å². The maximum absolute atomic E-state index is 13.6. The first-order chi connectivity index (χ1) is 14.1. The van der Waals surface area contributed by atoms with Gasteiger partial charge in [0.05, 0.1) is 14.1 Å². The van der Waals surface area contributed by atoms with Gasteiger partial charge in [0.25, 0.3) is 5.91 Å². The highest BCUT2D eigenvalue weighted by Gasteiger charge is 2.57. The number of anilines is 1. The van der Waals surface area contributed by atoms with Crippen LogP contribution in [0, 0.1) is 19.7 Å². The third-order valence-corrected chi connectivity index (χ3v) is 6.27. The summed E-state index contributed by atoms with van der Waals surface area (Å²) in [5.74, 6) is -0.789. The molecule has 0 radical (unpaired) electrons. The summed E-state index contributed by atoms with van der Waals surface area (Å²) in [7, 11) is 3.79. The third kappa shape index (κ3) is 4.38. The fraction of sp³-hybridized carbons (Fsp3) is 0.417. The molecule has 2 aromatic rings. The molecular weight excluding hydrogens is 383 g/mol. The number of aryl methyl sites for hydroxylation is 2. The Hall–Kier alpha value is -2.73. The Balaban J connectivity index is 1.71. The Bertz CT molecular complexity index is 914. The van der Waals surface area contributed by atoms with Gasteiger partial charge in [-0.1, -0.05) is 30.3 Å². The first-order valence-electron chi connectivity index (χ1n) is 10.3. The third-order valence-electron chi connectivity index (χ3n) is 6.27. The predicted octanol–water partition coefficient (Wildman–Crippen LogP) is 4.12. The minimum absolute atomic E-state index is 0.0988. The van der Waals surface area contributed by atoms with E-state index in [1.165, 1.54) is 12.1 Å². The lowest BCUT2D eigenvalue weighted by molar-refractivity contribution is -0.931. The fourth-order valence-electron chi connectivity index (χ4n) is 4.21. The summed E-state index contributed by atoms with van der Waals surface area (Å²) < 4.78 is 19.3. The zero-order valence-corrected chi connectivity index (χ0v) is 18.1. The van der Waals surface area contributed by atoms with Gasteiger partial charge in [0, 0.05) is 18.5 Å². The quantitative estimate of drug-likeness (QED) is 0.549. The number of benzene rings is 2. The number of halogens is 1. The number of likely N-dealkylation sites (N-methyl/N-ethyl adjacent to an activating group) is 1. The van der Waals surface area contributed by atoms with Crippen molar-refractivity contribution in [3.8, 4) is 0 Å². The summed E-state index contributed by atoms with van der Waals surface area (Å²) in [6.07, 6.45) is 2.31. The van der Waals surface area contributed by atoms with E-state index in [9.17, 15) is 14.0 Å². The highest BCUT2D eigenvalue weighted by molar-refractivity contribution is 5.99. The van der Waals surface area contributed by atoms with Gasteiger partial charge in [0.15, 0.2) is 12.1 Å². The van der Waals surface area contributed by atoms with Crippen LogP contribution < -0.4 is 5.32 Å². The van der Waals surface area contributed by atoms with Crippen molar-refractivity contribution in [2.24, 2.45) is 0 Å². The van der Waals surface area contributed by atoms with Crippen molar-refractivity contribution in [1.82, 2.24) is 0 Å². The SMILES string of the molecule is Cc1cc(F)cc(C)c1NC(=O)C1([N+](C)(C)CC(=O)OCc2ccccc2)CCC1. The van der Waals surface area contributed by atoms with E-state index in [4.69, 9.17) is 4.74 Å². The van der Waals surface area contributed by atoms with Crippen LogP contribution in [0.25, 0.3) is 0 Å². The van der Waals surface area contributed by atoms with E-state index < -0.39 is 5.54 Å². The van der Waals surface area contributed by atoms with Gasteiger partial charge in [0.2, 0.25) is 0 Å². The fourth-order valence-corrected chi connectivity index (χ4v) is 4.21. The Labute approximate surface area is 177 Å². The Kier molecular flexibility index (Phi) is 6.27. The maximum atomic E-state index is 13.6. The van der Waals surface area contributed by atoms with E-state index in [1.807, 2.05) is 44.4 Å². The van der Waals surface area contributed by atoms with Crippen molar-refractivity contribution in [2.75, 3.05) is 26.0 Å². The molecule has 30 heavy (non-hydrogen) atoms. The first kappa shape index (κ1) is 22.0. The van der Waals surface area contributed by atoms with Gasteiger partial charge in [-0.05, 0) is 49.1 Å². The van der Waals surface area contributed by atoms with Crippen molar-refractivity contribution >= 4 is 17.6 Å². The van der Waals surface area contributed by atoms with Crippen LogP contribution in [-0.2, 0) is 20.9 Å². The number of esters is 1. The van der Waals surface area contributed by atoms with Crippen LogP contribution >= 0.6 is 0 Å². The zero-order chi connectivity index (χ0) is 21.9. The smallest absolute Gasteiger partial charge is 0.362 e. The number of carbonyl (C=O) groups excluding carboxylic acids is 2. The van der Waals surface area contributed by atoms with E-state index in [0.717, 1.165) is 12.0 Å². The van der Waals surface area contributed by atoms with E-state index in [2.05, 4.69) is 5.32 Å². The summed E-state index contributed by atoms with van der Waals surface area (Å²) in [6.45, 7) is 3.87. The van der Waals surface area contributed by atoms with Crippen molar-refractivity contribution in [1.29, 1.82) is 0 Å². The molecule has 0 saturated heterocycles. The van der Waals surface area contributed by atoms with Gasteiger partial charge in [-0.15, -0.1) is 0 Å². The second kappa shape index (κ2) is 8.56. The van der Waals surface area contributed by atoms with Crippen LogP contribution in [-0.4, -0.2) is 42.5 Å². The minimum atomic E-state index is -0.709. The lowest BCUT2D eigenvalue weighted by atomic mass is 9.73. The van der Waals surface area contributed by atoms with Crippen LogP contribution in [0.3, 0.4) is 0 Å². The maximum Gasteiger partial charge on any atom is 0.362 e. The summed E-state index contributed by atoms with van der Waals surface area (Å²) in [5.41, 5.74) is 2.22. The Morgan fingerprint density at radius 1 is 1.10 bits per heavy atom. The second-order valence-electron chi connectivity index (χ2n) is 8.74. The number of carbonyl (C=O) groups is 2. The molecule has 1 fully saturated rings. The van der Waals surface area contributed by atoms with E-state index >= 15 is 0 Å². The molecule has 0 atom stereocenters. The van der Waals surface area contributed by atoms with Crippen LogP contribution in [0.4, 0.5) is 10.1 Å². The number of nitrogens with one attached hydrogen (secondary N) is 1. The van der Waals surface area contributed by atoms with Crippen LogP contribution in [0.15, 0.2) is 42.5 Å². The van der Waals surface area contributed by atoms with Gasteiger partial charge < -0.3 is 14.5 Å². The van der Waals surface area contributed by atoms with E-state index in [-0.39, 0.29) is 35.3 Å². The molecule has 1 amide bonds. The molecule has 0 heterocycles. The molecule has 0 aromatic heterocycles. The topological polar surface area (TPSA) is 55.4 Å². The largest absolute Gasteiger partial charge is 0.457 e. The molecule has 1 N–H and O–H groups in total. The molecule has 0 aliphatic heterocycles. The van der Waals surface area contributed by atoms with Crippen LogP contribution in [0.1, 0.15) is 36.0 Å². The summed E-state index contributed by atoms with van der Waals surface area (Å²) in [6, 6.07) is 12.3. The number of amides is 1. The van der Waals surface area contributed by atoms with Crippen LogP contribution in [0.5, 0.6) is 0 Å². The normalized spacial score (nSPS) is 15.2. The van der Waals surface area contributed by atoms with Crippen molar-refractivity contribution in [2.45, 2.75) is 45.3 Å². The lowest BCUT2D eigenvalue weighted by Gasteiger charge is -2.51. The molecule has 6 heteroatoms. The standard InChI is InChI=1S/C24H29FN2O3/c1-17-13-20(25)14-18(2)22(17)26-23(29)24(11-8-12-24)27(3,4)15-21(28)30-16-19-9-6-5-7-10-19/h5-7,9-10,13-14H,8,11-12,15-16H2,1-4H3/p+1. The van der Waals surface area contributed by atoms with E-state index in [0.29, 0.717) is 29.7 Å². The van der Waals surface area contributed by atoms with Crippen molar-refractivity contribution in [3.63, 3.8) is 0 Å². The average molecular weight is 414 g/mol. The van der Waals surface area contributed by atoms with Gasteiger partial charge in [-0.2, -0.15) is 0 Å². The molecule has 1 aliphatic rings. The predicted molar refractivity (Wildman–Crippen MR) is 114 cm³/mol. The van der Waals surface area contributed by atoms with Gasteiger partial charge in [-0.3, -0.25) is 4.79 Å². The molecule has 1 saturated carbocycles. The van der Waals surface area contributed by atoms with Crippen LogP contribution in [0.2, 0.25) is 0 Å². The highest BCUT2D eigenvalue weighted by Crippen LogP contribution is 2.42.